The van der Waals surface area contributed by atoms with Gasteiger partial charge in [-0.3, -0.25) is 0 Å². The van der Waals surface area contributed by atoms with E-state index in [1.165, 1.54) is 25.7 Å². The van der Waals surface area contributed by atoms with Crippen LogP contribution in [0.5, 0.6) is 0 Å². The van der Waals surface area contributed by atoms with Crippen LogP contribution in [0.4, 0.5) is 0 Å². The van der Waals surface area contributed by atoms with Gasteiger partial charge in [0.05, 0.1) is 11.7 Å². The summed E-state index contributed by atoms with van der Waals surface area (Å²) in [6, 6.07) is 0. The third-order valence-electron chi connectivity index (χ3n) is 5.30. The Morgan fingerprint density at radius 2 is 1.87 bits per heavy atom. The van der Waals surface area contributed by atoms with E-state index < -0.39 is 5.60 Å². The molecule has 3 rings (SSSR count). The highest BCUT2D eigenvalue weighted by atomic mass is 16.3. The normalized spacial score (nSPS) is 54.8. The highest BCUT2D eigenvalue weighted by Gasteiger charge is 2.54. The fraction of sp³-hybridized carbons (Fsp3) is 1.00. The fourth-order valence-electron chi connectivity index (χ4n) is 4.50. The van der Waals surface area contributed by atoms with Gasteiger partial charge in [-0.25, -0.2) is 0 Å². The summed E-state index contributed by atoms with van der Waals surface area (Å²) in [5.41, 5.74) is -0.505. The van der Waals surface area contributed by atoms with Crippen molar-refractivity contribution in [1.29, 1.82) is 0 Å². The first kappa shape index (κ1) is 10.1. The number of rotatable bonds is 0. The molecule has 0 aromatic rings. The molecule has 3 fully saturated rings. The van der Waals surface area contributed by atoms with Crippen LogP contribution in [0.3, 0.4) is 0 Å². The molecule has 3 aliphatic carbocycles. The predicted octanol–water partition coefficient (Wildman–Crippen LogP) is 2.09. The van der Waals surface area contributed by atoms with E-state index in [2.05, 4.69) is 0 Å². The van der Waals surface area contributed by atoms with E-state index in [-0.39, 0.29) is 12.0 Å². The van der Waals surface area contributed by atoms with E-state index in [0.717, 1.165) is 25.7 Å². The molecule has 3 aliphatic rings. The van der Waals surface area contributed by atoms with Gasteiger partial charge in [0, 0.05) is 5.92 Å². The summed E-state index contributed by atoms with van der Waals surface area (Å²) in [5.74, 6) is 1.17. The summed E-state index contributed by atoms with van der Waals surface area (Å²) in [4.78, 5) is 0. The zero-order chi connectivity index (χ0) is 10.5. The first-order valence-electron chi connectivity index (χ1n) is 6.62. The van der Waals surface area contributed by atoms with Crippen molar-refractivity contribution in [2.24, 2.45) is 17.8 Å². The summed E-state index contributed by atoms with van der Waals surface area (Å²) >= 11 is 0. The van der Waals surface area contributed by atoms with Crippen LogP contribution in [0.2, 0.25) is 0 Å². The van der Waals surface area contributed by atoms with Crippen LogP contribution in [0.15, 0.2) is 0 Å². The minimum atomic E-state index is -0.505. The van der Waals surface area contributed by atoms with Crippen molar-refractivity contribution in [2.45, 2.75) is 63.1 Å². The number of hydrogen-bond acceptors (Lipinski definition) is 2. The average Bonchev–Trinajstić information content (AvgIpc) is 2.21. The lowest BCUT2D eigenvalue weighted by Gasteiger charge is -2.55. The molecule has 2 bridgehead atoms. The Balaban J connectivity index is 1.90. The van der Waals surface area contributed by atoms with Gasteiger partial charge in [-0.2, -0.15) is 0 Å². The molecule has 0 saturated heterocycles. The lowest BCUT2D eigenvalue weighted by atomic mass is 9.54. The molecule has 0 aromatic carbocycles. The molecular formula is C13H22O2. The van der Waals surface area contributed by atoms with Gasteiger partial charge in [0.15, 0.2) is 0 Å². The van der Waals surface area contributed by atoms with Crippen molar-refractivity contribution in [2.75, 3.05) is 0 Å². The standard InChI is InChI=1S/C13H22O2/c14-12-9-4-3-6-11(12)13(15)7-2-1-5-10(13)8-9/h9-12,14-15H,1-8H2/t9-,10-,11-,12+,13+/m1/s1. The van der Waals surface area contributed by atoms with Crippen molar-refractivity contribution < 1.29 is 10.2 Å². The highest BCUT2D eigenvalue weighted by molar-refractivity contribution is 5.05. The quantitative estimate of drug-likeness (QED) is 0.642. The Bertz CT molecular complexity index is 253. The molecule has 0 amide bonds. The maximum absolute atomic E-state index is 10.8. The molecule has 0 unspecified atom stereocenters. The molecule has 0 aliphatic heterocycles. The van der Waals surface area contributed by atoms with E-state index in [1.807, 2.05) is 0 Å². The van der Waals surface area contributed by atoms with Crippen LogP contribution < -0.4 is 0 Å². The molecule has 2 heteroatoms. The van der Waals surface area contributed by atoms with Gasteiger partial charge in [0.2, 0.25) is 0 Å². The van der Waals surface area contributed by atoms with Crippen LogP contribution in [-0.4, -0.2) is 21.9 Å². The van der Waals surface area contributed by atoms with Crippen molar-refractivity contribution in [3.8, 4) is 0 Å². The van der Waals surface area contributed by atoms with Gasteiger partial charge in [0.1, 0.15) is 0 Å². The van der Waals surface area contributed by atoms with Crippen LogP contribution in [0.25, 0.3) is 0 Å². The summed E-state index contributed by atoms with van der Waals surface area (Å²) in [7, 11) is 0. The molecular weight excluding hydrogens is 188 g/mol. The first-order chi connectivity index (χ1) is 7.22. The van der Waals surface area contributed by atoms with Crippen molar-refractivity contribution in [3.63, 3.8) is 0 Å². The molecule has 2 N–H and O–H groups in total. The zero-order valence-corrected chi connectivity index (χ0v) is 9.36. The maximum Gasteiger partial charge on any atom is 0.0728 e. The van der Waals surface area contributed by atoms with E-state index in [1.54, 1.807) is 0 Å². The Labute approximate surface area is 91.7 Å². The highest BCUT2D eigenvalue weighted by Crippen LogP contribution is 2.53. The maximum atomic E-state index is 10.8. The predicted molar refractivity (Wildman–Crippen MR) is 58.4 cm³/mol. The Morgan fingerprint density at radius 1 is 1.00 bits per heavy atom. The van der Waals surface area contributed by atoms with Crippen LogP contribution >= 0.6 is 0 Å². The van der Waals surface area contributed by atoms with Gasteiger partial charge in [-0.15, -0.1) is 0 Å². The molecule has 0 aromatic heterocycles. The van der Waals surface area contributed by atoms with Gasteiger partial charge < -0.3 is 10.2 Å². The Kier molecular flexibility index (Phi) is 2.33. The molecule has 15 heavy (non-hydrogen) atoms. The third-order valence-corrected chi connectivity index (χ3v) is 5.30. The molecule has 0 spiro atoms. The van der Waals surface area contributed by atoms with Crippen molar-refractivity contribution >= 4 is 0 Å². The van der Waals surface area contributed by atoms with E-state index >= 15 is 0 Å². The minimum Gasteiger partial charge on any atom is -0.392 e. The van der Waals surface area contributed by atoms with E-state index in [9.17, 15) is 10.2 Å². The average molecular weight is 210 g/mol. The fourth-order valence-corrected chi connectivity index (χ4v) is 4.50. The molecule has 2 nitrogen and oxygen atoms in total. The number of hydrogen-bond donors (Lipinski definition) is 2. The zero-order valence-electron chi connectivity index (χ0n) is 9.36. The van der Waals surface area contributed by atoms with E-state index in [0.29, 0.717) is 11.8 Å². The van der Waals surface area contributed by atoms with Gasteiger partial charge in [-0.05, 0) is 43.9 Å². The van der Waals surface area contributed by atoms with Crippen LogP contribution in [0, 0.1) is 17.8 Å². The molecule has 0 radical (unpaired) electrons. The SMILES string of the molecule is O[C@H]1[C@@H]2CCC[C@H]1[C@]1(O)CCCC[C@@H]1C2. The number of aliphatic hydroxyl groups is 2. The lowest BCUT2D eigenvalue weighted by Crippen LogP contribution is -2.59. The van der Waals surface area contributed by atoms with Crippen molar-refractivity contribution in [3.05, 3.63) is 0 Å². The smallest absolute Gasteiger partial charge is 0.0728 e. The second-order valence-corrected chi connectivity index (χ2v) is 5.96. The van der Waals surface area contributed by atoms with Gasteiger partial charge in [-0.1, -0.05) is 19.3 Å². The monoisotopic (exact) mass is 210 g/mol. The first-order valence-corrected chi connectivity index (χ1v) is 6.62. The van der Waals surface area contributed by atoms with Crippen LogP contribution in [-0.2, 0) is 0 Å². The summed E-state index contributed by atoms with van der Waals surface area (Å²) in [6.45, 7) is 0. The van der Waals surface area contributed by atoms with Gasteiger partial charge >= 0.3 is 0 Å². The third kappa shape index (κ3) is 1.38. The molecule has 86 valence electrons. The van der Waals surface area contributed by atoms with Crippen molar-refractivity contribution in [1.82, 2.24) is 0 Å². The van der Waals surface area contributed by atoms with Gasteiger partial charge in [0.25, 0.3) is 0 Å². The summed E-state index contributed by atoms with van der Waals surface area (Å²) in [5, 5.41) is 21.0. The second kappa shape index (κ2) is 3.46. The number of aliphatic hydroxyl groups excluding tert-OH is 1. The molecule has 3 saturated carbocycles. The second-order valence-electron chi connectivity index (χ2n) is 5.96. The summed E-state index contributed by atoms with van der Waals surface area (Å²) in [6.07, 6.45) is 8.87. The largest absolute Gasteiger partial charge is 0.392 e. The Hall–Kier alpha value is -0.0800. The lowest BCUT2D eigenvalue weighted by molar-refractivity contribution is -0.191. The summed E-state index contributed by atoms with van der Waals surface area (Å²) < 4.78 is 0. The topological polar surface area (TPSA) is 40.5 Å². The molecule has 0 heterocycles. The number of fused-ring (bicyclic) bond motifs is 4. The van der Waals surface area contributed by atoms with Crippen LogP contribution in [0.1, 0.15) is 51.4 Å². The minimum absolute atomic E-state index is 0.190. The molecule has 5 atom stereocenters. The Morgan fingerprint density at radius 3 is 2.73 bits per heavy atom. The van der Waals surface area contributed by atoms with E-state index in [4.69, 9.17) is 0 Å².